The van der Waals surface area contributed by atoms with Gasteiger partial charge in [0.05, 0.1) is 17.7 Å². The van der Waals surface area contributed by atoms with E-state index in [-0.39, 0.29) is 16.3 Å². The summed E-state index contributed by atoms with van der Waals surface area (Å²) in [6.45, 7) is 1.82. The third-order valence-electron chi connectivity index (χ3n) is 4.15. The standard InChI is InChI=1S/C18H15F3N2O3/c1-11-6-8-12(9-7-11)14-10-17(26,18(19,20)21)23(22-14)16(25)13-4-2-3-5-15(13)24/h2-9,24,26H,10H2,1H3. The summed E-state index contributed by atoms with van der Waals surface area (Å²) in [5.74, 6) is -1.74. The van der Waals surface area contributed by atoms with E-state index < -0.39 is 30.0 Å². The van der Waals surface area contributed by atoms with E-state index in [1.165, 1.54) is 18.2 Å². The van der Waals surface area contributed by atoms with Gasteiger partial charge in [-0.05, 0) is 24.6 Å². The molecule has 0 bridgehead atoms. The number of amides is 1. The summed E-state index contributed by atoms with van der Waals surface area (Å²) in [5.41, 5.74) is -2.68. The Balaban J connectivity index is 2.07. The van der Waals surface area contributed by atoms with Crippen LogP contribution in [-0.4, -0.2) is 38.7 Å². The Labute approximate surface area is 147 Å². The molecule has 1 atom stereocenters. The van der Waals surface area contributed by atoms with Crippen LogP contribution in [0.3, 0.4) is 0 Å². The molecule has 2 aromatic rings. The highest BCUT2D eigenvalue weighted by atomic mass is 19.4. The van der Waals surface area contributed by atoms with Crippen molar-refractivity contribution in [3.63, 3.8) is 0 Å². The summed E-state index contributed by atoms with van der Waals surface area (Å²) >= 11 is 0. The quantitative estimate of drug-likeness (QED) is 0.860. The van der Waals surface area contributed by atoms with E-state index in [2.05, 4.69) is 5.10 Å². The molecule has 2 aromatic carbocycles. The number of rotatable bonds is 2. The Hall–Kier alpha value is -2.87. The molecular formula is C18H15F3N2O3. The Bertz CT molecular complexity index is 878. The van der Waals surface area contributed by atoms with E-state index in [1.54, 1.807) is 24.3 Å². The second-order valence-corrected chi connectivity index (χ2v) is 6.04. The number of benzene rings is 2. The molecular weight excluding hydrogens is 349 g/mol. The minimum atomic E-state index is -5.14. The van der Waals surface area contributed by atoms with Crippen LogP contribution in [-0.2, 0) is 0 Å². The number of aromatic hydroxyl groups is 1. The Kier molecular flexibility index (Phi) is 4.23. The molecule has 1 amide bonds. The minimum Gasteiger partial charge on any atom is -0.507 e. The highest BCUT2D eigenvalue weighted by molar-refractivity contribution is 6.06. The highest BCUT2D eigenvalue weighted by Crippen LogP contribution is 2.42. The van der Waals surface area contributed by atoms with Gasteiger partial charge in [-0.25, -0.2) is 0 Å². The van der Waals surface area contributed by atoms with Gasteiger partial charge in [0, 0.05) is 0 Å². The zero-order chi connectivity index (χ0) is 19.1. The first kappa shape index (κ1) is 17.9. The van der Waals surface area contributed by atoms with Crippen LogP contribution in [0.25, 0.3) is 0 Å². The molecule has 8 heteroatoms. The van der Waals surface area contributed by atoms with Gasteiger partial charge in [-0.3, -0.25) is 4.79 Å². The van der Waals surface area contributed by atoms with E-state index in [0.29, 0.717) is 5.56 Å². The molecule has 0 saturated heterocycles. The van der Waals surface area contributed by atoms with Crippen LogP contribution in [0.4, 0.5) is 13.2 Å². The maximum absolute atomic E-state index is 13.5. The maximum atomic E-state index is 13.5. The van der Waals surface area contributed by atoms with Crippen molar-refractivity contribution >= 4 is 11.6 Å². The van der Waals surface area contributed by atoms with Gasteiger partial charge in [-0.2, -0.15) is 23.3 Å². The van der Waals surface area contributed by atoms with Crippen LogP contribution in [0, 0.1) is 6.92 Å². The van der Waals surface area contributed by atoms with Gasteiger partial charge in [0.2, 0.25) is 0 Å². The van der Waals surface area contributed by atoms with Gasteiger partial charge >= 0.3 is 6.18 Å². The molecule has 136 valence electrons. The number of hydrogen-bond acceptors (Lipinski definition) is 4. The molecule has 0 radical (unpaired) electrons. The normalized spacial score (nSPS) is 20.2. The number of nitrogens with zero attached hydrogens (tertiary/aromatic N) is 2. The first-order valence-electron chi connectivity index (χ1n) is 7.69. The number of halogens is 3. The molecule has 1 unspecified atom stereocenters. The Morgan fingerprint density at radius 2 is 1.77 bits per heavy atom. The number of hydrogen-bond donors (Lipinski definition) is 2. The molecule has 3 rings (SSSR count). The molecule has 5 nitrogen and oxygen atoms in total. The molecule has 1 aliphatic rings. The van der Waals surface area contributed by atoms with Crippen molar-refractivity contribution in [2.45, 2.75) is 25.2 Å². The average molecular weight is 364 g/mol. The summed E-state index contributed by atoms with van der Waals surface area (Å²) in [5, 5.41) is 23.8. The molecule has 2 N–H and O–H groups in total. The predicted molar refractivity (Wildman–Crippen MR) is 87.6 cm³/mol. The number of carbonyl (C=O) groups is 1. The fraction of sp³-hybridized carbons (Fsp3) is 0.222. The summed E-state index contributed by atoms with van der Waals surface area (Å²) in [6, 6.07) is 11.7. The second kappa shape index (κ2) is 6.14. The molecule has 0 spiro atoms. The molecule has 0 aliphatic carbocycles. The fourth-order valence-electron chi connectivity index (χ4n) is 2.66. The molecule has 0 fully saturated rings. The van der Waals surface area contributed by atoms with Crippen LogP contribution < -0.4 is 0 Å². The topological polar surface area (TPSA) is 73.1 Å². The third-order valence-corrected chi connectivity index (χ3v) is 4.15. The summed E-state index contributed by atoms with van der Waals surface area (Å²) in [6.07, 6.45) is -6.04. The van der Waals surface area contributed by atoms with Crippen LogP contribution in [0.15, 0.2) is 53.6 Å². The lowest BCUT2D eigenvalue weighted by atomic mass is 9.99. The highest BCUT2D eigenvalue weighted by Gasteiger charge is 2.63. The number of phenols is 1. The number of aliphatic hydroxyl groups is 1. The fourth-order valence-corrected chi connectivity index (χ4v) is 2.66. The Morgan fingerprint density at radius 3 is 2.35 bits per heavy atom. The van der Waals surface area contributed by atoms with Gasteiger partial charge in [-0.15, -0.1) is 0 Å². The van der Waals surface area contributed by atoms with E-state index in [0.717, 1.165) is 11.6 Å². The van der Waals surface area contributed by atoms with E-state index >= 15 is 0 Å². The SMILES string of the molecule is Cc1ccc(C2=NN(C(=O)c3ccccc3O)C(O)(C(F)(F)F)C2)cc1. The van der Waals surface area contributed by atoms with Crippen molar-refractivity contribution in [1.29, 1.82) is 0 Å². The summed E-state index contributed by atoms with van der Waals surface area (Å²) in [7, 11) is 0. The molecule has 0 saturated carbocycles. The van der Waals surface area contributed by atoms with Crippen molar-refractivity contribution in [2.75, 3.05) is 0 Å². The predicted octanol–water partition coefficient (Wildman–Crippen LogP) is 3.20. The third kappa shape index (κ3) is 2.92. The van der Waals surface area contributed by atoms with Crippen LogP contribution in [0.2, 0.25) is 0 Å². The average Bonchev–Trinajstić information content (AvgIpc) is 2.94. The monoisotopic (exact) mass is 364 g/mol. The van der Waals surface area contributed by atoms with E-state index in [4.69, 9.17) is 0 Å². The number of phenolic OH excluding ortho intramolecular Hbond substituents is 1. The summed E-state index contributed by atoms with van der Waals surface area (Å²) < 4.78 is 40.6. The first-order chi connectivity index (χ1) is 12.1. The van der Waals surface area contributed by atoms with Gasteiger partial charge < -0.3 is 10.2 Å². The lowest BCUT2D eigenvalue weighted by Gasteiger charge is -2.32. The van der Waals surface area contributed by atoms with Crippen molar-refractivity contribution in [1.82, 2.24) is 5.01 Å². The van der Waals surface area contributed by atoms with E-state index in [1.807, 2.05) is 6.92 Å². The second-order valence-electron chi connectivity index (χ2n) is 6.04. The Morgan fingerprint density at radius 1 is 1.15 bits per heavy atom. The van der Waals surface area contributed by atoms with Crippen LogP contribution in [0.5, 0.6) is 5.75 Å². The maximum Gasteiger partial charge on any atom is 0.438 e. The number of aryl methyl sites for hydroxylation is 1. The lowest BCUT2D eigenvalue weighted by Crippen LogP contribution is -2.56. The number of hydrazone groups is 1. The van der Waals surface area contributed by atoms with Crippen molar-refractivity contribution in [3.05, 3.63) is 65.2 Å². The van der Waals surface area contributed by atoms with Gasteiger partial charge in [-0.1, -0.05) is 42.0 Å². The smallest absolute Gasteiger partial charge is 0.438 e. The van der Waals surface area contributed by atoms with Crippen molar-refractivity contribution in [2.24, 2.45) is 5.10 Å². The molecule has 26 heavy (non-hydrogen) atoms. The largest absolute Gasteiger partial charge is 0.507 e. The number of alkyl halides is 3. The molecule has 1 heterocycles. The van der Waals surface area contributed by atoms with Gasteiger partial charge in [0.1, 0.15) is 5.75 Å². The number of para-hydroxylation sites is 1. The first-order valence-corrected chi connectivity index (χ1v) is 7.69. The van der Waals surface area contributed by atoms with E-state index in [9.17, 15) is 28.2 Å². The molecule has 0 aromatic heterocycles. The minimum absolute atomic E-state index is 0.00273. The van der Waals surface area contributed by atoms with Gasteiger partial charge in [0.25, 0.3) is 11.6 Å². The van der Waals surface area contributed by atoms with Crippen LogP contribution >= 0.6 is 0 Å². The molecule has 1 aliphatic heterocycles. The van der Waals surface area contributed by atoms with Gasteiger partial charge in [0.15, 0.2) is 0 Å². The zero-order valence-electron chi connectivity index (χ0n) is 13.7. The van der Waals surface area contributed by atoms with Crippen molar-refractivity contribution < 1.29 is 28.2 Å². The summed E-state index contributed by atoms with van der Waals surface area (Å²) in [4.78, 5) is 12.6. The van der Waals surface area contributed by atoms with Crippen LogP contribution in [0.1, 0.15) is 27.9 Å². The lowest BCUT2D eigenvalue weighted by molar-refractivity contribution is -0.297. The number of carbonyl (C=O) groups excluding carboxylic acids is 1. The zero-order valence-corrected chi connectivity index (χ0v) is 13.7. The van der Waals surface area contributed by atoms with Crippen molar-refractivity contribution in [3.8, 4) is 5.75 Å².